The maximum Gasteiger partial charge on any atom is 0.259 e. The number of benzene rings is 2. The van der Waals surface area contributed by atoms with E-state index in [4.69, 9.17) is 11.6 Å². The molecule has 4 rings (SSSR count). The maximum absolute atomic E-state index is 15.6. The molecule has 1 aliphatic heterocycles. The largest absolute Gasteiger partial charge is 0.393 e. The van der Waals surface area contributed by atoms with Crippen molar-refractivity contribution in [2.45, 2.75) is 44.1 Å². The van der Waals surface area contributed by atoms with Gasteiger partial charge in [0, 0.05) is 40.9 Å². The predicted octanol–water partition coefficient (Wildman–Crippen LogP) is 5.15. The summed E-state index contributed by atoms with van der Waals surface area (Å²) in [5.41, 5.74) is -5.53. The van der Waals surface area contributed by atoms with E-state index in [0.29, 0.717) is 0 Å². The van der Waals surface area contributed by atoms with Gasteiger partial charge in [-0.1, -0.05) is 29.8 Å². The molecule has 10 heteroatoms. The number of aliphatic hydroxyl groups is 2. The Morgan fingerprint density at radius 1 is 1.18 bits per heavy atom. The van der Waals surface area contributed by atoms with E-state index in [1.807, 2.05) is 0 Å². The Hall–Kier alpha value is -3.40. The number of halogens is 3. The number of amides is 2. The highest BCUT2D eigenvalue weighted by Gasteiger charge is 2.52. The summed E-state index contributed by atoms with van der Waals surface area (Å²) in [6.45, 7) is 2.90. The van der Waals surface area contributed by atoms with Crippen molar-refractivity contribution in [1.82, 2.24) is 4.98 Å². The van der Waals surface area contributed by atoms with Crippen LogP contribution >= 0.6 is 11.6 Å². The molecule has 2 aromatic carbocycles. The Labute approximate surface area is 224 Å². The van der Waals surface area contributed by atoms with Gasteiger partial charge in [0.1, 0.15) is 22.8 Å². The summed E-state index contributed by atoms with van der Waals surface area (Å²) in [7, 11) is 0. The smallest absolute Gasteiger partial charge is 0.259 e. The number of pyridine rings is 1. The zero-order valence-electron chi connectivity index (χ0n) is 21.1. The first kappa shape index (κ1) is 27.6. The van der Waals surface area contributed by atoms with Gasteiger partial charge >= 0.3 is 0 Å². The molecule has 0 bridgehead atoms. The second kappa shape index (κ2) is 10.1. The molecule has 3 aromatic rings. The molecule has 0 saturated heterocycles. The molecular formula is C28H28ClF2N3O4. The van der Waals surface area contributed by atoms with Crippen molar-refractivity contribution in [3.63, 3.8) is 0 Å². The van der Waals surface area contributed by atoms with Crippen LogP contribution in [0.2, 0.25) is 5.02 Å². The number of hydrogen-bond donors (Lipinski definition) is 3. The number of aromatic nitrogens is 1. The first-order valence-electron chi connectivity index (χ1n) is 12.0. The number of aliphatic hydroxyl groups excluding tert-OH is 1. The van der Waals surface area contributed by atoms with Crippen LogP contribution in [0.25, 0.3) is 0 Å². The van der Waals surface area contributed by atoms with Gasteiger partial charge < -0.3 is 20.4 Å². The molecule has 1 aromatic heterocycles. The van der Waals surface area contributed by atoms with Gasteiger partial charge in [-0.05, 0) is 57.2 Å². The quantitative estimate of drug-likeness (QED) is 0.413. The fourth-order valence-corrected chi connectivity index (χ4v) is 4.77. The summed E-state index contributed by atoms with van der Waals surface area (Å²) in [5.74, 6) is -0.935. The summed E-state index contributed by atoms with van der Waals surface area (Å²) < 4.78 is 30.2. The number of hydrogen-bond acceptors (Lipinski definition) is 5. The SMILES string of the molecule is CC(C)(F)c1ccccc1C(=O)Nc1ccc(C(=O)N2CCC(C)(F)[C@](O)(CO)c3cc(Cl)ccc32)cn1. The van der Waals surface area contributed by atoms with Crippen LogP contribution in [0.3, 0.4) is 0 Å². The van der Waals surface area contributed by atoms with Gasteiger partial charge in [-0.15, -0.1) is 0 Å². The predicted molar refractivity (Wildman–Crippen MR) is 141 cm³/mol. The van der Waals surface area contributed by atoms with Crippen molar-refractivity contribution in [3.05, 3.63) is 88.1 Å². The topological polar surface area (TPSA) is 103 Å². The monoisotopic (exact) mass is 543 g/mol. The Bertz CT molecular complexity index is 1380. The lowest BCUT2D eigenvalue weighted by molar-refractivity contribution is -0.130. The third kappa shape index (κ3) is 5.01. The minimum absolute atomic E-state index is 0.00496. The minimum atomic E-state index is -2.28. The third-order valence-electron chi connectivity index (χ3n) is 6.90. The van der Waals surface area contributed by atoms with E-state index in [1.165, 1.54) is 74.3 Å². The van der Waals surface area contributed by atoms with E-state index in [0.717, 1.165) is 0 Å². The van der Waals surface area contributed by atoms with Gasteiger partial charge in [0.05, 0.1) is 17.9 Å². The highest BCUT2D eigenvalue weighted by atomic mass is 35.5. The number of rotatable bonds is 5. The third-order valence-corrected chi connectivity index (χ3v) is 7.14. The van der Waals surface area contributed by atoms with Crippen molar-refractivity contribution in [2.75, 3.05) is 23.4 Å². The normalized spacial score (nSPS) is 21.4. The van der Waals surface area contributed by atoms with E-state index in [-0.39, 0.29) is 51.7 Å². The van der Waals surface area contributed by atoms with Gasteiger partial charge in [-0.3, -0.25) is 9.59 Å². The van der Waals surface area contributed by atoms with E-state index in [9.17, 15) is 24.2 Å². The van der Waals surface area contributed by atoms with E-state index < -0.39 is 35.4 Å². The number of alkyl halides is 2. The van der Waals surface area contributed by atoms with Crippen molar-refractivity contribution in [3.8, 4) is 0 Å². The highest BCUT2D eigenvalue weighted by Crippen LogP contribution is 2.46. The Kier molecular flexibility index (Phi) is 7.31. The van der Waals surface area contributed by atoms with Crippen molar-refractivity contribution >= 4 is 34.9 Å². The number of anilines is 2. The molecule has 0 spiro atoms. The van der Waals surface area contributed by atoms with Crippen LogP contribution < -0.4 is 10.2 Å². The van der Waals surface area contributed by atoms with Crippen LogP contribution in [0, 0.1) is 0 Å². The van der Waals surface area contributed by atoms with Gasteiger partial charge in [0.2, 0.25) is 0 Å². The van der Waals surface area contributed by atoms with Gasteiger partial charge in [-0.25, -0.2) is 13.8 Å². The molecule has 2 heterocycles. The van der Waals surface area contributed by atoms with Crippen LogP contribution in [0.15, 0.2) is 60.8 Å². The molecule has 3 N–H and O–H groups in total. The van der Waals surface area contributed by atoms with E-state index in [2.05, 4.69) is 10.3 Å². The molecule has 0 aliphatic carbocycles. The molecule has 200 valence electrons. The maximum atomic E-state index is 15.6. The molecule has 2 amide bonds. The molecule has 1 aliphatic rings. The first-order valence-corrected chi connectivity index (χ1v) is 12.4. The van der Waals surface area contributed by atoms with Crippen molar-refractivity contribution in [1.29, 1.82) is 0 Å². The Balaban J connectivity index is 1.61. The van der Waals surface area contributed by atoms with E-state index in [1.54, 1.807) is 12.1 Å². The molecule has 2 atom stereocenters. The lowest BCUT2D eigenvalue weighted by atomic mass is 9.79. The fourth-order valence-electron chi connectivity index (χ4n) is 4.60. The average Bonchev–Trinajstić information content (AvgIpc) is 2.96. The zero-order chi connectivity index (χ0) is 27.9. The van der Waals surface area contributed by atoms with E-state index >= 15 is 4.39 Å². The second-order valence-electron chi connectivity index (χ2n) is 9.99. The molecule has 1 unspecified atom stereocenters. The molecule has 7 nitrogen and oxygen atoms in total. The van der Waals surface area contributed by atoms with Crippen LogP contribution in [0.4, 0.5) is 20.3 Å². The molecule has 0 saturated carbocycles. The van der Waals surface area contributed by atoms with Gasteiger partial charge in [0.15, 0.2) is 0 Å². The first-order chi connectivity index (χ1) is 17.8. The molecule has 0 radical (unpaired) electrons. The second-order valence-corrected chi connectivity index (χ2v) is 10.4. The number of carbonyl (C=O) groups excluding carboxylic acids is 2. The van der Waals surface area contributed by atoms with Crippen molar-refractivity contribution in [2.24, 2.45) is 0 Å². The lowest BCUT2D eigenvalue weighted by Crippen LogP contribution is -2.49. The number of carbonyl (C=O) groups is 2. The van der Waals surface area contributed by atoms with Crippen LogP contribution in [-0.4, -0.2) is 45.8 Å². The molecule has 38 heavy (non-hydrogen) atoms. The van der Waals surface area contributed by atoms with Gasteiger partial charge in [-0.2, -0.15) is 0 Å². The summed E-state index contributed by atoms with van der Waals surface area (Å²) in [6, 6.07) is 13.5. The Morgan fingerprint density at radius 2 is 1.89 bits per heavy atom. The lowest BCUT2D eigenvalue weighted by Gasteiger charge is -2.37. The van der Waals surface area contributed by atoms with Crippen LogP contribution in [0.1, 0.15) is 59.0 Å². The average molecular weight is 544 g/mol. The minimum Gasteiger partial charge on any atom is -0.393 e. The highest BCUT2D eigenvalue weighted by molar-refractivity contribution is 6.30. The number of nitrogens with one attached hydrogen (secondary N) is 1. The van der Waals surface area contributed by atoms with Crippen LogP contribution in [0.5, 0.6) is 0 Å². The van der Waals surface area contributed by atoms with Crippen molar-refractivity contribution < 1.29 is 28.6 Å². The summed E-state index contributed by atoms with van der Waals surface area (Å²) in [5, 5.41) is 23.9. The summed E-state index contributed by atoms with van der Waals surface area (Å²) >= 11 is 6.11. The van der Waals surface area contributed by atoms with Gasteiger partial charge in [0.25, 0.3) is 11.8 Å². The summed E-state index contributed by atoms with van der Waals surface area (Å²) in [4.78, 5) is 31.8. The number of nitrogens with zero attached hydrogens (tertiary/aromatic N) is 2. The Morgan fingerprint density at radius 3 is 2.53 bits per heavy atom. The summed E-state index contributed by atoms with van der Waals surface area (Å²) in [6.07, 6.45) is 1.00. The standard InChI is InChI=1S/C28H28ClF2N3O4/c1-26(2,30)20-7-5-4-6-19(20)24(36)33-23-11-8-17(15-32-23)25(37)34-13-12-27(3,31)28(38,16-35)21-14-18(29)9-10-22(21)34/h4-11,14-15,35,38H,12-13,16H2,1-3H3,(H,32,33,36)/t27?,28-/m0/s1. The fraction of sp³-hybridized carbons (Fsp3) is 0.321. The number of fused-ring (bicyclic) bond motifs is 1. The molecular weight excluding hydrogens is 516 g/mol. The van der Waals surface area contributed by atoms with Crippen LogP contribution in [-0.2, 0) is 11.3 Å². The molecule has 0 fully saturated rings. The zero-order valence-corrected chi connectivity index (χ0v) is 21.9.